The van der Waals surface area contributed by atoms with E-state index in [0.29, 0.717) is 31.7 Å². The van der Waals surface area contributed by atoms with Crippen molar-refractivity contribution in [2.45, 2.75) is 10.3 Å². The summed E-state index contributed by atoms with van der Waals surface area (Å²) in [7, 11) is -3.64. The van der Waals surface area contributed by atoms with Crippen molar-refractivity contribution in [3.63, 3.8) is 0 Å². The zero-order valence-corrected chi connectivity index (χ0v) is 14.4. The summed E-state index contributed by atoms with van der Waals surface area (Å²) in [5.41, 5.74) is 0.718. The number of benzene rings is 2. The SMILES string of the molecule is O=C(O)c1ccc(C(N2CCNCC2)S(=O)(=O)c2ccccc2)cc1. The Labute approximate surface area is 147 Å². The normalized spacial score (nSPS) is 17.1. The Morgan fingerprint density at radius 3 is 2.16 bits per heavy atom. The number of carboxylic acid groups (broad SMARTS) is 1. The molecule has 1 atom stereocenters. The van der Waals surface area contributed by atoms with E-state index in [1.807, 2.05) is 4.90 Å². The molecule has 2 N–H and O–H groups in total. The molecule has 2 aromatic rings. The van der Waals surface area contributed by atoms with Crippen molar-refractivity contribution in [1.82, 2.24) is 10.2 Å². The minimum absolute atomic E-state index is 0.139. The van der Waals surface area contributed by atoms with Gasteiger partial charge in [-0.25, -0.2) is 13.2 Å². The van der Waals surface area contributed by atoms with Crippen LogP contribution in [0.1, 0.15) is 21.3 Å². The average molecular weight is 360 g/mol. The summed E-state index contributed by atoms with van der Waals surface area (Å²) < 4.78 is 26.5. The molecule has 1 aliphatic rings. The molecule has 132 valence electrons. The van der Waals surface area contributed by atoms with Gasteiger partial charge >= 0.3 is 5.97 Å². The van der Waals surface area contributed by atoms with E-state index in [1.54, 1.807) is 42.5 Å². The standard InChI is InChI=1S/C18H20N2O4S/c21-18(22)15-8-6-14(7-9-15)17(20-12-10-19-11-13-20)25(23,24)16-4-2-1-3-5-16/h1-9,17,19H,10-13H2,(H,21,22). The predicted octanol–water partition coefficient (Wildman–Crippen LogP) is 1.76. The third-order valence-electron chi connectivity index (χ3n) is 4.29. The van der Waals surface area contributed by atoms with Gasteiger partial charge in [0.05, 0.1) is 10.5 Å². The molecule has 1 heterocycles. The highest BCUT2D eigenvalue weighted by molar-refractivity contribution is 7.91. The van der Waals surface area contributed by atoms with Crippen molar-refractivity contribution >= 4 is 15.8 Å². The lowest BCUT2D eigenvalue weighted by molar-refractivity contribution is 0.0697. The highest BCUT2D eigenvalue weighted by Crippen LogP contribution is 2.32. The van der Waals surface area contributed by atoms with Crippen molar-refractivity contribution in [2.75, 3.05) is 26.2 Å². The van der Waals surface area contributed by atoms with Gasteiger partial charge in [-0.05, 0) is 29.8 Å². The molecule has 1 unspecified atom stereocenters. The van der Waals surface area contributed by atoms with E-state index in [-0.39, 0.29) is 10.5 Å². The monoisotopic (exact) mass is 360 g/mol. The molecule has 3 rings (SSSR count). The number of nitrogens with one attached hydrogen (secondary N) is 1. The van der Waals surface area contributed by atoms with E-state index in [1.165, 1.54) is 12.1 Å². The summed E-state index contributed by atoms with van der Waals surface area (Å²) in [6, 6.07) is 14.5. The van der Waals surface area contributed by atoms with Crippen LogP contribution in [0.2, 0.25) is 0 Å². The molecule has 1 aliphatic heterocycles. The van der Waals surface area contributed by atoms with Gasteiger partial charge in [0.2, 0.25) is 0 Å². The maximum atomic E-state index is 13.3. The summed E-state index contributed by atoms with van der Waals surface area (Å²) in [4.78, 5) is 13.3. The van der Waals surface area contributed by atoms with Crippen molar-refractivity contribution in [2.24, 2.45) is 0 Å². The molecule has 25 heavy (non-hydrogen) atoms. The van der Waals surface area contributed by atoms with Gasteiger partial charge in [0.1, 0.15) is 5.37 Å². The van der Waals surface area contributed by atoms with Crippen LogP contribution < -0.4 is 5.32 Å². The number of carboxylic acids is 1. The van der Waals surface area contributed by atoms with Crippen LogP contribution in [-0.4, -0.2) is 50.6 Å². The molecule has 0 aliphatic carbocycles. The number of sulfone groups is 1. The summed E-state index contributed by atoms with van der Waals surface area (Å²) in [6.45, 7) is 2.65. The van der Waals surface area contributed by atoms with Crippen LogP contribution in [-0.2, 0) is 9.84 Å². The Kier molecular flexibility index (Phi) is 5.17. The first-order valence-electron chi connectivity index (χ1n) is 8.07. The lowest BCUT2D eigenvalue weighted by Crippen LogP contribution is -2.47. The van der Waals surface area contributed by atoms with E-state index in [0.717, 1.165) is 0 Å². The van der Waals surface area contributed by atoms with Crippen molar-refractivity contribution in [1.29, 1.82) is 0 Å². The largest absolute Gasteiger partial charge is 0.478 e. The molecular weight excluding hydrogens is 340 g/mol. The summed E-state index contributed by atoms with van der Waals surface area (Å²) in [5, 5.41) is 11.5. The number of nitrogens with zero attached hydrogens (tertiary/aromatic N) is 1. The van der Waals surface area contributed by atoms with Crippen LogP contribution >= 0.6 is 0 Å². The van der Waals surface area contributed by atoms with Crippen molar-refractivity contribution in [3.8, 4) is 0 Å². The van der Waals surface area contributed by atoms with Gasteiger partial charge in [-0.2, -0.15) is 0 Å². The molecule has 0 radical (unpaired) electrons. The van der Waals surface area contributed by atoms with Gasteiger partial charge < -0.3 is 10.4 Å². The number of rotatable bonds is 5. The van der Waals surface area contributed by atoms with Gasteiger partial charge in [-0.15, -0.1) is 0 Å². The first-order chi connectivity index (χ1) is 12.0. The van der Waals surface area contributed by atoms with Gasteiger partial charge in [-0.3, -0.25) is 4.90 Å². The minimum atomic E-state index is -3.64. The second kappa shape index (κ2) is 7.35. The van der Waals surface area contributed by atoms with E-state index in [2.05, 4.69) is 5.32 Å². The Morgan fingerprint density at radius 2 is 1.60 bits per heavy atom. The fraction of sp³-hybridized carbons (Fsp3) is 0.278. The fourth-order valence-electron chi connectivity index (χ4n) is 3.03. The molecule has 0 spiro atoms. The van der Waals surface area contributed by atoms with Gasteiger partial charge in [0.15, 0.2) is 9.84 Å². The molecular formula is C18H20N2O4S. The molecule has 1 saturated heterocycles. The zero-order chi connectivity index (χ0) is 17.9. The molecule has 6 nitrogen and oxygen atoms in total. The molecule has 0 amide bonds. The minimum Gasteiger partial charge on any atom is -0.478 e. The van der Waals surface area contributed by atoms with E-state index >= 15 is 0 Å². The van der Waals surface area contributed by atoms with E-state index in [9.17, 15) is 13.2 Å². The third kappa shape index (κ3) is 3.73. The number of hydrogen-bond donors (Lipinski definition) is 2. The van der Waals surface area contributed by atoms with Crippen LogP contribution in [0.3, 0.4) is 0 Å². The smallest absolute Gasteiger partial charge is 0.335 e. The lowest BCUT2D eigenvalue weighted by atomic mass is 10.1. The van der Waals surface area contributed by atoms with Gasteiger partial charge in [0, 0.05) is 26.2 Å². The summed E-state index contributed by atoms with van der Waals surface area (Å²) in [6.07, 6.45) is 0. The first kappa shape index (κ1) is 17.6. The van der Waals surface area contributed by atoms with Crippen LogP contribution in [0.5, 0.6) is 0 Å². The predicted molar refractivity (Wildman–Crippen MR) is 94.2 cm³/mol. The van der Waals surface area contributed by atoms with Gasteiger partial charge in [0.25, 0.3) is 0 Å². The highest BCUT2D eigenvalue weighted by Gasteiger charge is 2.35. The number of aromatic carboxylic acids is 1. The number of carbonyl (C=O) groups is 1. The molecule has 1 fully saturated rings. The molecule has 0 bridgehead atoms. The molecule has 0 saturated carbocycles. The van der Waals surface area contributed by atoms with Crippen LogP contribution in [0, 0.1) is 0 Å². The maximum Gasteiger partial charge on any atom is 0.335 e. The van der Waals surface area contributed by atoms with Gasteiger partial charge in [-0.1, -0.05) is 30.3 Å². The lowest BCUT2D eigenvalue weighted by Gasteiger charge is -2.34. The van der Waals surface area contributed by atoms with Crippen molar-refractivity contribution in [3.05, 3.63) is 65.7 Å². The second-order valence-corrected chi connectivity index (χ2v) is 7.93. The maximum absolute atomic E-state index is 13.3. The fourth-order valence-corrected chi connectivity index (χ4v) is 4.95. The Morgan fingerprint density at radius 1 is 1.00 bits per heavy atom. The Bertz CT molecular complexity index is 829. The van der Waals surface area contributed by atoms with E-state index < -0.39 is 21.2 Å². The third-order valence-corrected chi connectivity index (χ3v) is 6.38. The molecule has 0 aromatic heterocycles. The Balaban J connectivity index is 2.05. The van der Waals surface area contributed by atoms with Crippen LogP contribution in [0.15, 0.2) is 59.5 Å². The van der Waals surface area contributed by atoms with E-state index in [4.69, 9.17) is 5.11 Å². The first-order valence-corrected chi connectivity index (χ1v) is 9.62. The van der Waals surface area contributed by atoms with Crippen molar-refractivity contribution < 1.29 is 18.3 Å². The quantitative estimate of drug-likeness (QED) is 0.845. The number of hydrogen-bond acceptors (Lipinski definition) is 5. The average Bonchev–Trinajstić information content (AvgIpc) is 2.64. The second-order valence-electron chi connectivity index (χ2n) is 5.92. The Hall–Kier alpha value is -2.22. The summed E-state index contributed by atoms with van der Waals surface area (Å²) in [5.74, 6) is -1.03. The zero-order valence-electron chi connectivity index (χ0n) is 13.6. The molecule has 7 heteroatoms. The highest BCUT2D eigenvalue weighted by atomic mass is 32.2. The van der Waals surface area contributed by atoms with Crippen LogP contribution in [0.25, 0.3) is 0 Å². The topological polar surface area (TPSA) is 86.7 Å². The molecule has 2 aromatic carbocycles. The summed E-state index contributed by atoms with van der Waals surface area (Å²) >= 11 is 0. The number of piperazine rings is 1. The van der Waals surface area contributed by atoms with Crippen LogP contribution in [0.4, 0.5) is 0 Å².